The van der Waals surface area contributed by atoms with Crippen LogP contribution in [0.4, 0.5) is 0 Å². The molecule has 0 aromatic heterocycles. The second kappa shape index (κ2) is 8.41. The van der Waals surface area contributed by atoms with Crippen LogP contribution in [0, 0.1) is 5.92 Å². The average molecular weight is 349 g/mol. The number of hydrogen-bond acceptors (Lipinski definition) is 5. The SMILES string of the molecule is CC(C)C[C@H](NS(C)(=O)=O)C(=O)NCC(C)(C)N1CCOCC1. The molecule has 1 aliphatic heterocycles. The summed E-state index contributed by atoms with van der Waals surface area (Å²) >= 11 is 0. The van der Waals surface area contributed by atoms with Crippen LogP contribution in [0.2, 0.25) is 0 Å². The summed E-state index contributed by atoms with van der Waals surface area (Å²) in [6.45, 7) is 11.6. The van der Waals surface area contributed by atoms with Crippen molar-refractivity contribution in [3.63, 3.8) is 0 Å². The van der Waals surface area contributed by atoms with Crippen molar-refractivity contribution in [2.45, 2.75) is 45.7 Å². The first-order valence-electron chi connectivity index (χ1n) is 8.09. The van der Waals surface area contributed by atoms with Crippen LogP contribution in [0.5, 0.6) is 0 Å². The Morgan fingerprint density at radius 3 is 2.30 bits per heavy atom. The predicted octanol–water partition coefficient (Wildman–Crippen LogP) is 0.177. The van der Waals surface area contributed by atoms with Gasteiger partial charge < -0.3 is 10.1 Å². The van der Waals surface area contributed by atoms with E-state index in [2.05, 4.69) is 28.8 Å². The van der Waals surface area contributed by atoms with E-state index in [1.165, 1.54) is 0 Å². The second-order valence-electron chi connectivity index (χ2n) is 7.20. The molecule has 1 rings (SSSR count). The summed E-state index contributed by atoms with van der Waals surface area (Å²) in [5, 5.41) is 2.90. The molecule has 136 valence electrons. The van der Waals surface area contributed by atoms with Gasteiger partial charge in [0.2, 0.25) is 15.9 Å². The highest BCUT2D eigenvalue weighted by Gasteiger charge is 2.30. The summed E-state index contributed by atoms with van der Waals surface area (Å²) in [5.74, 6) is -0.0577. The van der Waals surface area contributed by atoms with Crippen LogP contribution in [0.25, 0.3) is 0 Å². The molecule has 1 fully saturated rings. The van der Waals surface area contributed by atoms with E-state index in [9.17, 15) is 13.2 Å². The van der Waals surface area contributed by atoms with Crippen molar-refractivity contribution in [2.24, 2.45) is 5.92 Å². The summed E-state index contributed by atoms with van der Waals surface area (Å²) in [6.07, 6.45) is 1.54. The lowest BCUT2D eigenvalue weighted by molar-refractivity contribution is -0.123. The van der Waals surface area contributed by atoms with E-state index in [4.69, 9.17) is 4.74 Å². The molecule has 23 heavy (non-hydrogen) atoms. The Morgan fingerprint density at radius 1 is 1.26 bits per heavy atom. The minimum absolute atomic E-state index is 0.201. The number of rotatable bonds is 8. The summed E-state index contributed by atoms with van der Waals surface area (Å²) in [5.41, 5.74) is -0.201. The molecular weight excluding hydrogens is 318 g/mol. The quantitative estimate of drug-likeness (QED) is 0.653. The molecule has 0 aliphatic carbocycles. The van der Waals surface area contributed by atoms with Gasteiger partial charge >= 0.3 is 0 Å². The van der Waals surface area contributed by atoms with Crippen LogP contribution in [0.15, 0.2) is 0 Å². The fraction of sp³-hybridized carbons (Fsp3) is 0.933. The third-order valence-corrected chi connectivity index (χ3v) is 4.65. The van der Waals surface area contributed by atoms with E-state index in [1.54, 1.807) is 0 Å². The number of nitrogens with one attached hydrogen (secondary N) is 2. The molecule has 0 aromatic carbocycles. The van der Waals surface area contributed by atoms with Gasteiger partial charge in [-0.3, -0.25) is 9.69 Å². The molecule has 1 amide bonds. The summed E-state index contributed by atoms with van der Waals surface area (Å²) < 4.78 is 30.7. The molecule has 0 saturated carbocycles. The number of hydrogen-bond donors (Lipinski definition) is 2. The first-order valence-corrected chi connectivity index (χ1v) is 9.98. The van der Waals surface area contributed by atoms with E-state index in [0.717, 1.165) is 19.3 Å². The minimum Gasteiger partial charge on any atom is -0.379 e. The van der Waals surface area contributed by atoms with Gasteiger partial charge in [0.1, 0.15) is 6.04 Å². The zero-order chi connectivity index (χ0) is 17.7. The molecule has 1 saturated heterocycles. The Hall–Kier alpha value is -0.700. The second-order valence-corrected chi connectivity index (χ2v) is 8.98. The number of amides is 1. The van der Waals surface area contributed by atoms with Gasteiger partial charge in [0.15, 0.2) is 0 Å². The predicted molar refractivity (Wildman–Crippen MR) is 90.7 cm³/mol. The molecule has 2 N–H and O–H groups in total. The lowest BCUT2D eigenvalue weighted by Gasteiger charge is -2.41. The molecular formula is C15H31N3O4S. The van der Waals surface area contributed by atoms with Gasteiger partial charge in [-0.25, -0.2) is 13.1 Å². The average Bonchev–Trinajstić information content (AvgIpc) is 2.43. The molecule has 1 aliphatic rings. The molecule has 0 aromatic rings. The molecule has 7 nitrogen and oxygen atoms in total. The van der Waals surface area contributed by atoms with E-state index < -0.39 is 16.1 Å². The van der Waals surface area contributed by atoms with Crippen molar-refractivity contribution < 1.29 is 17.9 Å². The number of ether oxygens (including phenoxy) is 1. The first-order chi connectivity index (χ1) is 10.5. The maximum Gasteiger partial charge on any atom is 0.238 e. The van der Waals surface area contributed by atoms with Gasteiger partial charge in [-0.05, 0) is 26.2 Å². The van der Waals surface area contributed by atoms with Gasteiger partial charge in [0, 0.05) is 25.2 Å². The van der Waals surface area contributed by atoms with Crippen LogP contribution >= 0.6 is 0 Å². The Morgan fingerprint density at radius 2 is 1.83 bits per heavy atom. The summed E-state index contributed by atoms with van der Waals surface area (Å²) in [6, 6.07) is -0.731. The van der Waals surface area contributed by atoms with E-state index in [-0.39, 0.29) is 17.4 Å². The van der Waals surface area contributed by atoms with Crippen molar-refractivity contribution in [3.05, 3.63) is 0 Å². The molecule has 1 atom stereocenters. The smallest absolute Gasteiger partial charge is 0.238 e. The molecule has 0 bridgehead atoms. The maximum atomic E-state index is 12.4. The molecule has 0 unspecified atom stereocenters. The van der Waals surface area contributed by atoms with Crippen LogP contribution < -0.4 is 10.0 Å². The van der Waals surface area contributed by atoms with Gasteiger partial charge in [0.05, 0.1) is 19.5 Å². The van der Waals surface area contributed by atoms with Crippen LogP contribution in [0.1, 0.15) is 34.1 Å². The van der Waals surface area contributed by atoms with Crippen molar-refractivity contribution in [1.82, 2.24) is 14.9 Å². The zero-order valence-electron chi connectivity index (χ0n) is 14.9. The number of carbonyl (C=O) groups excluding carboxylic acids is 1. The Kier molecular flexibility index (Phi) is 7.44. The number of morpholine rings is 1. The Labute approximate surface area is 140 Å². The molecule has 8 heteroatoms. The van der Waals surface area contributed by atoms with Gasteiger partial charge in [0.25, 0.3) is 0 Å². The minimum atomic E-state index is -3.43. The van der Waals surface area contributed by atoms with E-state index >= 15 is 0 Å². The molecule has 0 spiro atoms. The lowest BCUT2D eigenvalue weighted by atomic mass is 10.0. The molecule has 1 heterocycles. The highest BCUT2D eigenvalue weighted by molar-refractivity contribution is 7.88. The normalized spacial score (nSPS) is 18.9. The molecule has 0 radical (unpaired) electrons. The van der Waals surface area contributed by atoms with Crippen molar-refractivity contribution in [1.29, 1.82) is 0 Å². The monoisotopic (exact) mass is 349 g/mol. The number of nitrogens with zero attached hydrogens (tertiary/aromatic N) is 1. The Bertz CT molecular complexity index is 485. The van der Waals surface area contributed by atoms with Crippen molar-refractivity contribution in [2.75, 3.05) is 39.1 Å². The highest BCUT2D eigenvalue weighted by Crippen LogP contribution is 2.15. The van der Waals surface area contributed by atoms with Crippen molar-refractivity contribution in [3.8, 4) is 0 Å². The standard InChI is InChI=1S/C15H31N3O4S/c1-12(2)10-13(17-23(5,20)21)14(19)16-11-15(3,4)18-6-8-22-9-7-18/h12-13,17H,6-11H2,1-5H3,(H,16,19)/t13-/m0/s1. The van der Waals surface area contributed by atoms with E-state index in [0.29, 0.717) is 26.2 Å². The fourth-order valence-electron chi connectivity index (χ4n) is 2.65. The van der Waals surface area contributed by atoms with E-state index in [1.807, 2.05) is 13.8 Å². The first kappa shape index (κ1) is 20.3. The van der Waals surface area contributed by atoms with Crippen LogP contribution in [0.3, 0.4) is 0 Å². The summed E-state index contributed by atoms with van der Waals surface area (Å²) in [4.78, 5) is 14.7. The van der Waals surface area contributed by atoms with Crippen LogP contribution in [-0.4, -0.2) is 69.9 Å². The van der Waals surface area contributed by atoms with Gasteiger partial charge in [-0.1, -0.05) is 13.8 Å². The maximum absolute atomic E-state index is 12.4. The third-order valence-electron chi connectivity index (χ3n) is 3.94. The summed E-state index contributed by atoms with van der Waals surface area (Å²) in [7, 11) is -3.43. The number of sulfonamides is 1. The van der Waals surface area contributed by atoms with Gasteiger partial charge in [-0.2, -0.15) is 0 Å². The lowest BCUT2D eigenvalue weighted by Crippen LogP contribution is -2.57. The van der Waals surface area contributed by atoms with Crippen LogP contribution in [-0.2, 0) is 19.6 Å². The number of carbonyl (C=O) groups is 1. The third kappa shape index (κ3) is 7.60. The topological polar surface area (TPSA) is 87.7 Å². The fourth-order valence-corrected chi connectivity index (χ4v) is 3.37. The Balaban J connectivity index is 2.62. The largest absolute Gasteiger partial charge is 0.379 e. The van der Waals surface area contributed by atoms with Crippen molar-refractivity contribution >= 4 is 15.9 Å². The highest BCUT2D eigenvalue weighted by atomic mass is 32.2. The van der Waals surface area contributed by atoms with Gasteiger partial charge in [-0.15, -0.1) is 0 Å². The zero-order valence-corrected chi connectivity index (χ0v) is 15.7.